The second-order valence-electron chi connectivity index (χ2n) is 7.30. The summed E-state index contributed by atoms with van der Waals surface area (Å²) in [6, 6.07) is 7.23. The number of benzene rings is 1. The number of amides is 2. The zero-order chi connectivity index (χ0) is 17.6. The Hall–Kier alpha value is -2.37. The average Bonchev–Trinajstić information content (AvgIpc) is 3.40. The monoisotopic (exact) mass is 342 g/mol. The lowest BCUT2D eigenvalue weighted by molar-refractivity contribution is -0.138. The number of carboxylic acids is 1. The third-order valence-corrected chi connectivity index (χ3v) is 5.54. The van der Waals surface area contributed by atoms with Crippen LogP contribution in [0.5, 0.6) is 0 Å². The zero-order valence-corrected chi connectivity index (χ0v) is 14.1. The molecule has 2 unspecified atom stereocenters. The van der Waals surface area contributed by atoms with Crippen LogP contribution in [-0.2, 0) is 14.4 Å². The first-order chi connectivity index (χ1) is 12.1. The molecule has 2 amide bonds. The second-order valence-corrected chi connectivity index (χ2v) is 7.30. The topological polar surface area (TPSA) is 77.9 Å². The van der Waals surface area contributed by atoms with Gasteiger partial charge in [-0.2, -0.15) is 0 Å². The van der Waals surface area contributed by atoms with Crippen LogP contribution in [0, 0.1) is 11.8 Å². The van der Waals surface area contributed by atoms with E-state index in [9.17, 15) is 19.5 Å². The van der Waals surface area contributed by atoms with Gasteiger partial charge in [0.05, 0.1) is 5.92 Å². The number of fused-ring (bicyclic) bond motifs is 1. The lowest BCUT2D eigenvalue weighted by Crippen LogP contribution is -2.47. The zero-order valence-electron chi connectivity index (χ0n) is 14.1. The Morgan fingerprint density at radius 3 is 2.44 bits per heavy atom. The first kappa shape index (κ1) is 16.1. The van der Waals surface area contributed by atoms with Crippen molar-refractivity contribution in [3.05, 3.63) is 29.8 Å². The van der Waals surface area contributed by atoms with Crippen LogP contribution in [-0.4, -0.2) is 47.4 Å². The third kappa shape index (κ3) is 2.90. The molecule has 2 heterocycles. The molecule has 0 spiro atoms. The van der Waals surface area contributed by atoms with Crippen molar-refractivity contribution in [2.75, 3.05) is 24.5 Å². The molecule has 2 aliphatic heterocycles. The summed E-state index contributed by atoms with van der Waals surface area (Å²) in [6.07, 6.45) is 3.51. The first-order valence-corrected chi connectivity index (χ1v) is 8.98. The van der Waals surface area contributed by atoms with Crippen molar-refractivity contribution < 1.29 is 19.5 Å². The van der Waals surface area contributed by atoms with Crippen LogP contribution in [0.3, 0.4) is 0 Å². The molecule has 1 saturated carbocycles. The molecule has 0 bridgehead atoms. The summed E-state index contributed by atoms with van der Waals surface area (Å²) in [5.74, 6) is -1.52. The van der Waals surface area contributed by atoms with E-state index in [4.69, 9.17) is 0 Å². The molecule has 0 aromatic heterocycles. The maximum absolute atomic E-state index is 13.1. The minimum absolute atomic E-state index is 0.0514. The van der Waals surface area contributed by atoms with Crippen molar-refractivity contribution in [3.63, 3.8) is 0 Å². The molecule has 2 fully saturated rings. The number of carbonyl (C=O) groups excluding carboxylic acids is 2. The SMILES string of the molecule is O=C(O)C1CN(C(=O)C2CCCN(C(=O)C3CC3)C2)c2ccccc21. The van der Waals surface area contributed by atoms with Crippen LogP contribution in [0.15, 0.2) is 24.3 Å². The molecular formula is C19H22N2O4. The van der Waals surface area contributed by atoms with Crippen molar-refractivity contribution in [1.29, 1.82) is 0 Å². The van der Waals surface area contributed by atoms with Crippen LogP contribution >= 0.6 is 0 Å². The van der Waals surface area contributed by atoms with Crippen molar-refractivity contribution in [2.24, 2.45) is 11.8 Å². The number of nitrogens with zero attached hydrogens (tertiary/aromatic N) is 2. The minimum Gasteiger partial charge on any atom is -0.481 e. The van der Waals surface area contributed by atoms with E-state index in [2.05, 4.69) is 0 Å². The van der Waals surface area contributed by atoms with Gasteiger partial charge in [-0.25, -0.2) is 0 Å². The highest BCUT2D eigenvalue weighted by atomic mass is 16.4. The number of rotatable bonds is 3. The van der Waals surface area contributed by atoms with E-state index in [-0.39, 0.29) is 30.2 Å². The molecule has 1 saturated heterocycles. The van der Waals surface area contributed by atoms with Crippen LogP contribution < -0.4 is 4.90 Å². The van der Waals surface area contributed by atoms with E-state index >= 15 is 0 Å². The van der Waals surface area contributed by atoms with Crippen LogP contribution in [0.1, 0.15) is 37.2 Å². The Kier molecular flexibility index (Phi) is 3.98. The Labute approximate surface area is 146 Å². The Morgan fingerprint density at radius 2 is 1.72 bits per heavy atom. The van der Waals surface area contributed by atoms with Crippen molar-refractivity contribution >= 4 is 23.5 Å². The second kappa shape index (κ2) is 6.17. The van der Waals surface area contributed by atoms with Gasteiger partial charge in [-0.1, -0.05) is 18.2 Å². The lowest BCUT2D eigenvalue weighted by atomic mass is 9.96. The number of aliphatic carboxylic acids is 1. The molecule has 1 aliphatic carbocycles. The standard InChI is InChI=1S/C19H22N2O4/c22-17(12-7-8-12)20-9-3-4-13(10-20)18(23)21-11-15(19(24)25)14-5-1-2-6-16(14)21/h1-2,5-6,12-13,15H,3-4,7-11H2,(H,24,25). The quantitative estimate of drug-likeness (QED) is 0.909. The molecule has 1 N–H and O–H groups in total. The predicted molar refractivity (Wildman–Crippen MR) is 91.2 cm³/mol. The number of para-hydroxylation sites is 1. The van der Waals surface area contributed by atoms with Gasteiger partial charge in [-0.05, 0) is 37.3 Å². The van der Waals surface area contributed by atoms with Gasteiger partial charge in [0.15, 0.2) is 0 Å². The number of hydrogen-bond donors (Lipinski definition) is 1. The summed E-state index contributed by atoms with van der Waals surface area (Å²) < 4.78 is 0. The molecule has 0 radical (unpaired) electrons. The molecule has 25 heavy (non-hydrogen) atoms. The lowest BCUT2D eigenvalue weighted by Gasteiger charge is -2.34. The van der Waals surface area contributed by atoms with Gasteiger partial charge in [0.25, 0.3) is 0 Å². The summed E-state index contributed by atoms with van der Waals surface area (Å²) in [4.78, 5) is 40.4. The summed E-state index contributed by atoms with van der Waals surface area (Å²) in [7, 11) is 0. The molecular weight excluding hydrogens is 320 g/mol. The highest BCUT2D eigenvalue weighted by Gasteiger charge is 2.41. The Morgan fingerprint density at radius 1 is 0.960 bits per heavy atom. The van der Waals surface area contributed by atoms with Gasteiger partial charge in [0.1, 0.15) is 5.92 Å². The molecule has 6 nitrogen and oxygen atoms in total. The minimum atomic E-state index is -0.906. The van der Waals surface area contributed by atoms with Crippen molar-refractivity contribution in [1.82, 2.24) is 4.90 Å². The molecule has 1 aromatic rings. The molecule has 132 valence electrons. The largest absolute Gasteiger partial charge is 0.481 e. The van der Waals surface area contributed by atoms with Gasteiger partial charge in [-0.3, -0.25) is 14.4 Å². The molecule has 3 aliphatic rings. The maximum Gasteiger partial charge on any atom is 0.312 e. The predicted octanol–water partition coefficient (Wildman–Crippen LogP) is 1.85. The Balaban J connectivity index is 1.52. The number of likely N-dealkylation sites (tertiary alicyclic amines) is 1. The summed E-state index contributed by atoms with van der Waals surface area (Å²) in [6.45, 7) is 1.37. The summed E-state index contributed by atoms with van der Waals surface area (Å²) in [5, 5.41) is 9.46. The van der Waals surface area contributed by atoms with Gasteiger partial charge >= 0.3 is 5.97 Å². The van der Waals surface area contributed by atoms with Crippen molar-refractivity contribution in [2.45, 2.75) is 31.6 Å². The molecule has 4 rings (SSSR count). The fraction of sp³-hybridized carbons (Fsp3) is 0.526. The van der Waals surface area contributed by atoms with E-state index in [1.807, 2.05) is 17.0 Å². The van der Waals surface area contributed by atoms with E-state index in [1.54, 1.807) is 17.0 Å². The fourth-order valence-corrected chi connectivity index (χ4v) is 4.01. The highest BCUT2D eigenvalue weighted by Crippen LogP contribution is 2.38. The van der Waals surface area contributed by atoms with Crippen LogP contribution in [0.25, 0.3) is 0 Å². The summed E-state index contributed by atoms with van der Waals surface area (Å²) in [5.41, 5.74) is 1.40. The number of hydrogen-bond acceptors (Lipinski definition) is 3. The van der Waals surface area contributed by atoms with E-state index in [0.717, 1.165) is 32.2 Å². The van der Waals surface area contributed by atoms with E-state index < -0.39 is 11.9 Å². The average molecular weight is 342 g/mol. The van der Waals surface area contributed by atoms with Crippen molar-refractivity contribution in [3.8, 4) is 0 Å². The number of anilines is 1. The number of carboxylic acid groups (broad SMARTS) is 1. The van der Waals surface area contributed by atoms with Gasteiger partial charge in [0.2, 0.25) is 11.8 Å². The molecule has 1 aromatic carbocycles. The van der Waals surface area contributed by atoms with E-state index in [0.29, 0.717) is 17.8 Å². The highest BCUT2D eigenvalue weighted by molar-refractivity contribution is 6.00. The van der Waals surface area contributed by atoms with Gasteiger partial charge < -0.3 is 14.9 Å². The maximum atomic E-state index is 13.1. The van der Waals surface area contributed by atoms with E-state index in [1.165, 1.54) is 0 Å². The molecule has 6 heteroatoms. The normalized spacial score (nSPS) is 25.6. The number of carbonyl (C=O) groups is 3. The van der Waals surface area contributed by atoms with Gasteiger partial charge in [-0.15, -0.1) is 0 Å². The van der Waals surface area contributed by atoms with Crippen LogP contribution in [0.4, 0.5) is 5.69 Å². The smallest absolute Gasteiger partial charge is 0.312 e. The Bertz CT molecular complexity index is 728. The van der Waals surface area contributed by atoms with Gasteiger partial charge in [0, 0.05) is 31.2 Å². The summed E-state index contributed by atoms with van der Waals surface area (Å²) >= 11 is 0. The first-order valence-electron chi connectivity index (χ1n) is 8.98. The number of piperidine rings is 1. The fourth-order valence-electron chi connectivity index (χ4n) is 4.01. The van der Waals surface area contributed by atoms with Crippen LogP contribution in [0.2, 0.25) is 0 Å². The third-order valence-electron chi connectivity index (χ3n) is 5.54. The molecule has 2 atom stereocenters.